The van der Waals surface area contributed by atoms with Crippen LogP contribution in [0.4, 0.5) is 0 Å². The van der Waals surface area contributed by atoms with E-state index in [-0.39, 0.29) is 5.91 Å². The Hall–Kier alpha value is -2.00. The maximum atomic E-state index is 11.9. The van der Waals surface area contributed by atoms with Gasteiger partial charge in [-0.15, -0.1) is 0 Å². The Morgan fingerprint density at radius 3 is 2.67 bits per heavy atom. The number of rotatable bonds is 3. The first-order chi connectivity index (χ1) is 11.6. The zero-order valence-electron chi connectivity index (χ0n) is 13.6. The molecule has 4 heteroatoms. The van der Waals surface area contributed by atoms with Crippen LogP contribution >= 0.6 is 11.6 Å². The van der Waals surface area contributed by atoms with E-state index in [4.69, 9.17) is 17.3 Å². The molecule has 2 N–H and O–H groups in total. The molecule has 1 heterocycles. The van der Waals surface area contributed by atoms with Crippen LogP contribution in [0.1, 0.15) is 42.5 Å². The quantitative estimate of drug-likeness (QED) is 0.706. The molecule has 0 saturated heterocycles. The van der Waals surface area contributed by atoms with E-state index in [0.29, 0.717) is 11.5 Å². The molecule has 1 saturated carbocycles. The lowest BCUT2D eigenvalue weighted by molar-refractivity contribution is 0.100. The largest absolute Gasteiger partial charge is 0.366 e. The van der Waals surface area contributed by atoms with Crippen LogP contribution in [-0.2, 0) is 6.54 Å². The number of carbonyl (C=O) groups excluding carboxylic acids is 1. The highest BCUT2D eigenvalue weighted by atomic mass is 35.5. The number of amides is 1. The molecule has 1 aromatic heterocycles. The molecule has 0 spiro atoms. The van der Waals surface area contributed by atoms with Crippen molar-refractivity contribution in [3.63, 3.8) is 0 Å². The van der Waals surface area contributed by atoms with Crippen molar-refractivity contribution >= 4 is 39.3 Å². The first-order valence-corrected chi connectivity index (χ1v) is 9.03. The summed E-state index contributed by atoms with van der Waals surface area (Å²) in [6.07, 6.45) is 6.53. The molecule has 0 unspecified atom stereocenters. The predicted octanol–water partition coefficient (Wildman–Crippen LogP) is 5.13. The average molecular weight is 341 g/mol. The standard InChI is InChI=1S/C20H21ClN2O/c21-14-9-10-15-18(11-14)23(12-13-5-2-1-3-6-13)17-8-4-7-16(19(15)17)20(22)24/h4,7-11,13H,1-3,5-6,12H2,(H2,22,24). The zero-order valence-corrected chi connectivity index (χ0v) is 14.4. The topological polar surface area (TPSA) is 48.0 Å². The van der Waals surface area contributed by atoms with E-state index >= 15 is 0 Å². The molecule has 0 atom stereocenters. The zero-order chi connectivity index (χ0) is 16.7. The van der Waals surface area contributed by atoms with E-state index in [9.17, 15) is 4.79 Å². The van der Waals surface area contributed by atoms with Crippen molar-refractivity contribution in [3.05, 3.63) is 47.0 Å². The van der Waals surface area contributed by atoms with Gasteiger partial charge in [-0.1, -0.05) is 43.0 Å². The molecule has 1 aliphatic carbocycles. The fourth-order valence-corrected chi connectivity index (χ4v) is 4.31. The number of halogens is 1. The number of hydrogen-bond acceptors (Lipinski definition) is 1. The van der Waals surface area contributed by atoms with Gasteiger partial charge in [0.1, 0.15) is 0 Å². The maximum Gasteiger partial charge on any atom is 0.249 e. The molecule has 4 rings (SSSR count). The van der Waals surface area contributed by atoms with Gasteiger partial charge in [0, 0.05) is 33.4 Å². The number of carbonyl (C=O) groups is 1. The van der Waals surface area contributed by atoms with Crippen molar-refractivity contribution in [3.8, 4) is 0 Å². The van der Waals surface area contributed by atoms with Gasteiger partial charge in [-0.05, 0) is 43.0 Å². The number of aromatic nitrogens is 1. The van der Waals surface area contributed by atoms with Gasteiger partial charge in [-0.3, -0.25) is 4.79 Å². The number of nitrogens with zero attached hydrogens (tertiary/aromatic N) is 1. The molecular formula is C20H21ClN2O. The number of fused-ring (bicyclic) bond motifs is 3. The number of nitrogens with two attached hydrogens (primary N) is 1. The van der Waals surface area contributed by atoms with Crippen LogP contribution in [0.5, 0.6) is 0 Å². The molecule has 0 radical (unpaired) electrons. The van der Waals surface area contributed by atoms with Gasteiger partial charge < -0.3 is 10.3 Å². The van der Waals surface area contributed by atoms with Crippen molar-refractivity contribution in [1.29, 1.82) is 0 Å². The molecular weight excluding hydrogens is 320 g/mol. The van der Waals surface area contributed by atoms with Crippen LogP contribution < -0.4 is 5.73 Å². The van der Waals surface area contributed by atoms with Crippen molar-refractivity contribution in [2.45, 2.75) is 38.6 Å². The molecule has 2 aromatic carbocycles. The second kappa shape index (κ2) is 6.14. The lowest BCUT2D eigenvalue weighted by Crippen LogP contribution is -2.14. The van der Waals surface area contributed by atoms with Crippen LogP contribution in [0.3, 0.4) is 0 Å². The summed E-state index contributed by atoms with van der Waals surface area (Å²) >= 11 is 6.26. The van der Waals surface area contributed by atoms with Gasteiger partial charge in [-0.25, -0.2) is 0 Å². The predicted molar refractivity (Wildman–Crippen MR) is 99.5 cm³/mol. The van der Waals surface area contributed by atoms with Gasteiger partial charge in [0.25, 0.3) is 0 Å². The smallest absolute Gasteiger partial charge is 0.249 e. The van der Waals surface area contributed by atoms with Gasteiger partial charge >= 0.3 is 0 Å². The number of primary amides is 1. The third-order valence-corrected chi connectivity index (χ3v) is 5.52. The van der Waals surface area contributed by atoms with E-state index in [0.717, 1.165) is 33.4 Å². The minimum Gasteiger partial charge on any atom is -0.366 e. The van der Waals surface area contributed by atoms with Crippen molar-refractivity contribution in [2.75, 3.05) is 0 Å². The second-order valence-electron chi connectivity index (χ2n) is 6.84. The van der Waals surface area contributed by atoms with Crippen LogP contribution in [0.25, 0.3) is 21.8 Å². The molecule has 0 aliphatic heterocycles. The van der Waals surface area contributed by atoms with E-state index < -0.39 is 0 Å². The van der Waals surface area contributed by atoms with Crippen molar-refractivity contribution < 1.29 is 4.79 Å². The highest BCUT2D eigenvalue weighted by Gasteiger charge is 2.20. The molecule has 0 bridgehead atoms. The Bertz CT molecular complexity index is 922. The van der Waals surface area contributed by atoms with Gasteiger partial charge in [0.2, 0.25) is 5.91 Å². The fraction of sp³-hybridized carbons (Fsp3) is 0.350. The molecule has 1 fully saturated rings. The number of hydrogen-bond donors (Lipinski definition) is 1. The van der Waals surface area contributed by atoms with E-state index in [2.05, 4.69) is 10.6 Å². The molecule has 3 aromatic rings. The summed E-state index contributed by atoms with van der Waals surface area (Å²) in [4.78, 5) is 11.9. The minimum atomic E-state index is -0.382. The van der Waals surface area contributed by atoms with Crippen molar-refractivity contribution in [1.82, 2.24) is 4.57 Å². The normalized spacial score (nSPS) is 16.0. The third-order valence-electron chi connectivity index (χ3n) is 5.28. The van der Waals surface area contributed by atoms with Crippen molar-refractivity contribution in [2.24, 2.45) is 11.7 Å². The van der Waals surface area contributed by atoms with Crippen LogP contribution in [0, 0.1) is 5.92 Å². The summed E-state index contributed by atoms with van der Waals surface area (Å²) in [7, 11) is 0. The highest BCUT2D eigenvalue weighted by molar-refractivity contribution is 6.31. The monoisotopic (exact) mass is 340 g/mol. The van der Waals surface area contributed by atoms with Gasteiger partial charge in [-0.2, -0.15) is 0 Å². The third kappa shape index (κ3) is 2.57. The Labute approximate surface area is 146 Å². The Balaban J connectivity index is 1.96. The summed E-state index contributed by atoms with van der Waals surface area (Å²) in [5.41, 5.74) is 8.38. The Morgan fingerprint density at radius 1 is 1.12 bits per heavy atom. The average Bonchev–Trinajstić information content (AvgIpc) is 2.89. The lowest BCUT2D eigenvalue weighted by Gasteiger charge is -2.23. The molecule has 124 valence electrons. The summed E-state index contributed by atoms with van der Waals surface area (Å²) in [5.74, 6) is 0.307. The molecule has 24 heavy (non-hydrogen) atoms. The van der Waals surface area contributed by atoms with E-state index in [1.54, 1.807) is 0 Å². The van der Waals surface area contributed by atoms with Crippen LogP contribution in [-0.4, -0.2) is 10.5 Å². The Morgan fingerprint density at radius 2 is 1.92 bits per heavy atom. The van der Waals surface area contributed by atoms with Gasteiger partial charge in [0.05, 0.1) is 5.52 Å². The summed E-state index contributed by atoms with van der Waals surface area (Å²) < 4.78 is 2.33. The van der Waals surface area contributed by atoms with E-state index in [1.807, 2.05) is 30.3 Å². The molecule has 3 nitrogen and oxygen atoms in total. The van der Waals surface area contributed by atoms with Gasteiger partial charge in [0.15, 0.2) is 0 Å². The first-order valence-electron chi connectivity index (χ1n) is 8.65. The molecule has 1 aliphatic rings. The Kier molecular flexibility index (Phi) is 3.97. The first kappa shape index (κ1) is 15.5. The number of benzene rings is 2. The second-order valence-corrected chi connectivity index (χ2v) is 7.28. The fourth-order valence-electron chi connectivity index (χ4n) is 4.15. The van der Waals surface area contributed by atoms with Crippen LogP contribution in [0.15, 0.2) is 36.4 Å². The SMILES string of the molecule is NC(=O)c1cccc2c1c1ccc(Cl)cc1n2CC1CCCCC1. The molecule has 1 amide bonds. The minimum absolute atomic E-state index is 0.382. The highest BCUT2D eigenvalue weighted by Crippen LogP contribution is 2.35. The summed E-state index contributed by atoms with van der Waals surface area (Å²) in [5, 5.41) is 2.72. The van der Waals surface area contributed by atoms with Crippen LogP contribution in [0.2, 0.25) is 5.02 Å². The summed E-state index contributed by atoms with van der Waals surface area (Å²) in [6, 6.07) is 11.7. The maximum absolute atomic E-state index is 11.9. The lowest BCUT2D eigenvalue weighted by atomic mass is 9.89. The summed E-state index contributed by atoms with van der Waals surface area (Å²) in [6.45, 7) is 0.975. The van der Waals surface area contributed by atoms with E-state index in [1.165, 1.54) is 32.1 Å².